The molecule has 1 fully saturated rings. The monoisotopic (exact) mass is 415 g/mol. The number of benzene rings is 2. The number of hydrogen-bond donors (Lipinski definition) is 1. The van der Waals surface area contributed by atoms with Crippen molar-refractivity contribution in [2.24, 2.45) is 0 Å². The van der Waals surface area contributed by atoms with E-state index in [0.29, 0.717) is 21.6 Å². The molecule has 1 amide bonds. The average Bonchev–Trinajstić information content (AvgIpc) is 3.14. The van der Waals surface area contributed by atoms with Gasteiger partial charge < -0.3 is 9.88 Å². The van der Waals surface area contributed by atoms with Gasteiger partial charge in [0, 0.05) is 30.1 Å². The summed E-state index contributed by atoms with van der Waals surface area (Å²) < 4.78 is 0. The third kappa shape index (κ3) is 2.35. The first-order chi connectivity index (χ1) is 13.0. The standard InChI is InChI=1S/C20H15Cl2N3OS/c1-24-19(26)16-9-12-11-4-2-3-5-15(11)23-17(12)18(25(16)20(24)27)10-6-7-13(21)14(22)8-10/h2-8,16,18,23H,9H2,1H3/t16-,18-/m0/s1. The van der Waals surface area contributed by atoms with Crippen LogP contribution in [0.15, 0.2) is 42.5 Å². The zero-order valence-corrected chi connectivity index (χ0v) is 16.7. The van der Waals surface area contributed by atoms with Crippen molar-refractivity contribution in [1.29, 1.82) is 0 Å². The summed E-state index contributed by atoms with van der Waals surface area (Å²) in [7, 11) is 1.74. The van der Waals surface area contributed by atoms with E-state index in [1.807, 2.05) is 29.2 Å². The third-order valence-corrected chi connectivity index (χ3v) is 6.74. The molecule has 3 aromatic rings. The Balaban J connectivity index is 1.78. The average molecular weight is 416 g/mol. The molecule has 4 nitrogen and oxygen atoms in total. The van der Waals surface area contributed by atoms with Crippen LogP contribution in [0.25, 0.3) is 10.9 Å². The van der Waals surface area contributed by atoms with Gasteiger partial charge in [0.15, 0.2) is 5.11 Å². The highest BCUT2D eigenvalue weighted by molar-refractivity contribution is 7.80. The van der Waals surface area contributed by atoms with Gasteiger partial charge >= 0.3 is 0 Å². The molecular weight excluding hydrogens is 401 g/mol. The van der Waals surface area contributed by atoms with Crippen LogP contribution in [0.2, 0.25) is 10.0 Å². The fraction of sp³-hybridized carbons (Fsp3) is 0.200. The number of carbonyl (C=O) groups is 1. The number of carbonyl (C=O) groups excluding carboxylic acids is 1. The van der Waals surface area contributed by atoms with Crippen molar-refractivity contribution < 1.29 is 4.79 Å². The lowest BCUT2D eigenvalue weighted by molar-refractivity contribution is -0.127. The minimum absolute atomic E-state index is 0.0287. The smallest absolute Gasteiger partial charge is 0.251 e. The number of aromatic amines is 1. The van der Waals surface area contributed by atoms with Gasteiger partial charge in [-0.2, -0.15) is 0 Å². The maximum absolute atomic E-state index is 12.9. The van der Waals surface area contributed by atoms with Gasteiger partial charge in [-0.05, 0) is 41.5 Å². The topological polar surface area (TPSA) is 39.3 Å². The van der Waals surface area contributed by atoms with Crippen molar-refractivity contribution >= 4 is 57.3 Å². The first-order valence-electron chi connectivity index (χ1n) is 8.61. The van der Waals surface area contributed by atoms with E-state index in [0.717, 1.165) is 27.7 Å². The highest BCUT2D eigenvalue weighted by Crippen LogP contribution is 2.44. The number of para-hydroxylation sites is 1. The van der Waals surface area contributed by atoms with Crippen LogP contribution < -0.4 is 0 Å². The predicted molar refractivity (Wildman–Crippen MR) is 111 cm³/mol. The number of nitrogens with zero attached hydrogens (tertiary/aromatic N) is 2. The van der Waals surface area contributed by atoms with Crippen LogP contribution in [0.4, 0.5) is 0 Å². The van der Waals surface area contributed by atoms with Crippen LogP contribution in [0.3, 0.4) is 0 Å². The molecule has 0 radical (unpaired) electrons. The van der Waals surface area contributed by atoms with Crippen LogP contribution >= 0.6 is 35.4 Å². The first-order valence-corrected chi connectivity index (χ1v) is 9.78. The largest absolute Gasteiger partial charge is 0.356 e. The van der Waals surface area contributed by atoms with Crippen molar-refractivity contribution in [3.63, 3.8) is 0 Å². The lowest BCUT2D eigenvalue weighted by Crippen LogP contribution is -2.44. The summed E-state index contributed by atoms with van der Waals surface area (Å²) in [5.41, 5.74) is 4.22. The Morgan fingerprint density at radius 1 is 1.15 bits per heavy atom. The molecule has 136 valence electrons. The van der Waals surface area contributed by atoms with Crippen molar-refractivity contribution in [3.05, 3.63) is 69.3 Å². The fourth-order valence-corrected chi connectivity index (χ4v) is 4.86. The van der Waals surface area contributed by atoms with E-state index in [1.165, 1.54) is 0 Å². The molecule has 0 saturated carbocycles. The molecule has 0 bridgehead atoms. The number of rotatable bonds is 1. The van der Waals surface area contributed by atoms with E-state index in [4.69, 9.17) is 35.4 Å². The lowest BCUT2D eigenvalue weighted by Gasteiger charge is -2.37. The molecule has 1 N–H and O–H groups in total. The normalized spacial score (nSPS) is 21.7. The molecule has 0 unspecified atom stereocenters. The molecule has 2 aliphatic heterocycles. The fourth-order valence-electron chi connectivity index (χ4n) is 4.24. The second kappa shape index (κ2) is 5.96. The van der Waals surface area contributed by atoms with Crippen molar-refractivity contribution in [1.82, 2.24) is 14.8 Å². The lowest BCUT2D eigenvalue weighted by atomic mass is 9.89. The number of likely N-dealkylation sites (N-methyl/N-ethyl adjacent to an activating group) is 1. The van der Waals surface area contributed by atoms with Gasteiger partial charge in [0.05, 0.1) is 16.1 Å². The van der Waals surface area contributed by atoms with E-state index in [-0.39, 0.29) is 18.0 Å². The predicted octanol–water partition coefficient (Wildman–Crippen LogP) is 4.55. The van der Waals surface area contributed by atoms with Crippen LogP contribution in [-0.4, -0.2) is 38.9 Å². The molecule has 0 aliphatic carbocycles. The minimum atomic E-state index is -0.311. The molecule has 2 atom stereocenters. The molecule has 3 heterocycles. The second-order valence-corrected chi connectivity index (χ2v) is 8.13. The Bertz CT molecular complexity index is 1130. The second-order valence-electron chi connectivity index (χ2n) is 6.95. The molecule has 1 saturated heterocycles. The van der Waals surface area contributed by atoms with E-state index in [2.05, 4.69) is 17.1 Å². The summed E-state index contributed by atoms with van der Waals surface area (Å²) in [5.74, 6) is 0.0287. The van der Waals surface area contributed by atoms with Crippen LogP contribution in [0, 0.1) is 0 Å². The van der Waals surface area contributed by atoms with Crippen molar-refractivity contribution in [2.45, 2.75) is 18.5 Å². The van der Waals surface area contributed by atoms with Gasteiger partial charge in [-0.15, -0.1) is 0 Å². The Morgan fingerprint density at radius 2 is 1.93 bits per heavy atom. The molecule has 7 heteroatoms. The van der Waals surface area contributed by atoms with E-state index >= 15 is 0 Å². The Labute approximate surface area is 171 Å². The number of hydrogen-bond acceptors (Lipinski definition) is 2. The Kier molecular flexibility index (Phi) is 3.76. The molecule has 5 rings (SSSR count). The number of fused-ring (bicyclic) bond motifs is 4. The summed E-state index contributed by atoms with van der Waals surface area (Å²) in [6, 6.07) is 13.2. The number of thiocarbonyl (C=S) groups is 1. The molecule has 1 aromatic heterocycles. The zero-order chi connectivity index (χ0) is 18.9. The number of nitrogens with one attached hydrogen (secondary N) is 1. The van der Waals surface area contributed by atoms with Gasteiger partial charge in [-0.25, -0.2) is 0 Å². The number of halogens is 2. The maximum atomic E-state index is 12.9. The van der Waals surface area contributed by atoms with Crippen molar-refractivity contribution in [2.75, 3.05) is 7.05 Å². The van der Waals surface area contributed by atoms with Crippen LogP contribution in [0.1, 0.15) is 22.9 Å². The Hall–Kier alpha value is -2.08. The third-order valence-electron chi connectivity index (χ3n) is 5.51. The highest BCUT2D eigenvalue weighted by Gasteiger charge is 2.49. The van der Waals surface area contributed by atoms with Gasteiger partial charge in [-0.3, -0.25) is 9.69 Å². The number of amides is 1. The van der Waals surface area contributed by atoms with Gasteiger partial charge in [-0.1, -0.05) is 47.5 Å². The quantitative estimate of drug-likeness (QED) is 0.592. The van der Waals surface area contributed by atoms with E-state index in [1.54, 1.807) is 18.0 Å². The van der Waals surface area contributed by atoms with Gasteiger partial charge in [0.25, 0.3) is 5.91 Å². The molecule has 0 spiro atoms. The zero-order valence-electron chi connectivity index (χ0n) is 14.4. The van der Waals surface area contributed by atoms with Gasteiger partial charge in [0.2, 0.25) is 0 Å². The van der Waals surface area contributed by atoms with E-state index in [9.17, 15) is 4.79 Å². The summed E-state index contributed by atoms with van der Waals surface area (Å²) in [5, 5.41) is 2.66. The van der Waals surface area contributed by atoms with Gasteiger partial charge in [0.1, 0.15) is 6.04 Å². The van der Waals surface area contributed by atoms with Crippen LogP contribution in [0.5, 0.6) is 0 Å². The molecule has 2 aliphatic rings. The van der Waals surface area contributed by atoms with Crippen molar-refractivity contribution in [3.8, 4) is 0 Å². The first kappa shape index (κ1) is 17.0. The summed E-state index contributed by atoms with van der Waals surface area (Å²) in [6.45, 7) is 0. The number of aromatic nitrogens is 1. The molecule has 2 aromatic carbocycles. The Morgan fingerprint density at radius 3 is 2.70 bits per heavy atom. The number of H-pyrrole nitrogens is 1. The maximum Gasteiger partial charge on any atom is 0.251 e. The van der Waals surface area contributed by atoms with Crippen LogP contribution in [-0.2, 0) is 11.2 Å². The molecule has 27 heavy (non-hydrogen) atoms. The highest BCUT2D eigenvalue weighted by atomic mass is 35.5. The molecular formula is C20H15Cl2N3OS. The summed E-state index contributed by atoms with van der Waals surface area (Å²) in [6.07, 6.45) is 0.625. The SMILES string of the molecule is CN1C(=O)[C@@H]2Cc3c([nH]c4ccccc34)[C@H](c3ccc(Cl)c(Cl)c3)N2C1=S. The summed E-state index contributed by atoms with van der Waals surface area (Å²) >= 11 is 18.1. The summed E-state index contributed by atoms with van der Waals surface area (Å²) in [4.78, 5) is 20.0. The minimum Gasteiger partial charge on any atom is -0.356 e. The van der Waals surface area contributed by atoms with E-state index < -0.39 is 0 Å².